The van der Waals surface area contributed by atoms with E-state index in [1.165, 1.54) is 5.56 Å². The van der Waals surface area contributed by atoms with Crippen molar-refractivity contribution in [2.45, 2.75) is 24.9 Å². The lowest BCUT2D eigenvalue weighted by atomic mass is 9.97. The van der Waals surface area contributed by atoms with Crippen molar-refractivity contribution in [3.8, 4) is 0 Å². The minimum Gasteiger partial charge on any atom is -0.381 e. The van der Waals surface area contributed by atoms with Gasteiger partial charge in [-0.15, -0.1) is 0 Å². The van der Waals surface area contributed by atoms with E-state index < -0.39 is 0 Å². The van der Waals surface area contributed by atoms with Crippen molar-refractivity contribution < 1.29 is 14.3 Å². The fourth-order valence-corrected chi connectivity index (χ4v) is 4.15. The van der Waals surface area contributed by atoms with Crippen molar-refractivity contribution in [3.05, 3.63) is 35.9 Å². The zero-order valence-electron chi connectivity index (χ0n) is 17.8. The van der Waals surface area contributed by atoms with Crippen molar-refractivity contribution in [2.75, 3.05) is 66.7 Å². The van der Waals surface area contributed by atoms with E-state index in [2.05, 4.69) is 58.8 Å². The van der Waals surface area contributed by atoms with Crippen LogP contribution in [0.1, 0.15) is 12.0 Å². The maximum Gasteiger partial charge on any atom is 0.314 e. The minimum atomic E-state index is -0.0953. The maximum atomic E-state index is 12.5. The summed E-state index contributed by atoms with van der Waals surface area (Å²) in [5.74, 6) is 0.473. The molecule has 7 nitrogen and oxygen atoms in total. The Morgan fingerprint density at radius 1 is 1.10 bits per heavy atom. The van der Waals surface area contributed by atoms with Gasteiger partial charge in [-0.3, -0.25) is 4.90 Å². The third kappa shape index (κ3) is 6.96. The van der Waals surface area contributed by atoms with Crippen molar-refractivity contribution in [2.24, 2.45) is 5.92 Å². The van der Waals surface area contributed by atoms with Crippen LogP contribution in [0.4, 0.5) is 4.79 Å². The van der Waals surface area contributed by atoms with Gasteiger partial charge in [0.25, 0.3) is 0 Å². The van der Waals surface area contributed by atoms with E-state index in [-0.39, 0.29) is 12.1 Å². The molecule has 29 heavy (non-hydrogen) atoms. The van der Waals surface area contributed by atoms with E-state index in [1.54, 1.807) is 0 Å². The number of rotatable bonds is 9. The molecule has 0 aliphatic carbocycles. The van der Waals surface area contributed by atoms with Gasteiger partial charge in [0.2, 0.25) is 0 Å². The molecule has 0 radical (unpaired) electrons. The van der Waals surface area contributed by atoms with Gasteiger partial charge in [-0.1, -0.05) is 30.3 Å². The Bertz CT molecular complexity index is 601. The Labute approximate surface area is 174 Å². The summed E-state index contributed by atoms with van der Waals surface area (Å²) < 4.78 is 11.1. The maximum absolute atomic E-state index is 12.5. The lowest BCUT2D eigenvalue weighted by Gasteiger charge is -2.37. The summed E-state index contributed by atoms with van der Waals surface area (Å²) in [4.78, 5) is 17.1. The molecule has 7 heteroatoms. The van der Waals surface area contributed by atoms with Crippen LogP contribution in [0, 0.1) is 5.92 Å². The van der Waals surface area contributed by atoms with Gasteiger partial charge in [-0.2, -0.15) is 0 Å². The molecule has 2 N–H and O–H groups in total. The Kier molecular flexibility index (Phi) is 8.73. The zero-order chi connectivity index (χ0) is 20.5. The first-order valence-electron chi connectivity index (χ1n) is 10.7. The van der Waals surface area contributed by atoms with Crippen LogP contribution in [0.2, 0.25) is 0 Å². The molecule has 0 spiro atoms. The van der Waals surface area contributed by atoms with E-state index in [0.717, 1.165) is 52.4 Å². The number of nitrogens with zero attached hydrogens (tertiary/aromatic N) is 2. The molecule has 2 fully saturated rings. The van der Waals surface area contributed by atoms with Gasteiger partial charge in [0.15, 0.2) is 0 Å². The third-order valence-electron chi connectivity index (χ3n) is 6.04. The highest BCUT2D eigenvalue weighted by molar-refractivity contribution is 5.73. The van der Waals surface area contributed by atoms with E-state index in [1.807, 2.05) is 6.07 Å². The van der Waals surface area contributed by atoms with Crippen molar-refractivity contribution in [3.63, 3.8) is 0 Å². The number of carbonyl (C=O) groups is 1. The second-order valence-corrected chi connectivity index (χ2v) is 8.24. The first kappa shape index (κ1) is 22.0. The number of carbonyl (C=O) groups excluding carboxylic acids is 1. The Hall–Kier alpha value is -1.67. The largest absolute Gasteiger partial charge is 0.381 e. The summed E-state index contributed by atoms with van der Waals surface area (Å²) in [6.45, 7) is 6.23. The molecule has 1 aromatic rings. The molecule has 2 saturated heterocycles. The molecule has 162 valence electrons. The van der Waals surface area contributed by atoms with E-state index in [4.69, 9.17) is 9.47 Å². The Morgan fingerprint density at radius 3 is 2.48 bits per heavy atom. The molecule has 3 atom stereocenters. The molecule has 0 aromatic heterocycles. The lowest BCUT2D eigenvalue weighted by Crippen LogP contribution is -2.54. The standard InChI is InChI=1S/C22H36N4O3/c1-25(2)20(14-18-6-4-3-5-7-18)15-23-22(27)24-16-21(19-8-11-29-17-19)26-9-12-28-13-10-26/h3-7,19-21H,8-17H2,1-2H3,(H2,23,24,27). The predicted octanol–water partition coefficient (Wildman–Crippen LogP) is 1.20. The van der Waals surface area contributed by atoms with Gasteiger partial charge < -0.3 is 25.0 Å². The summed E-state index contributed by atoms with van der Waals surface area (Å²) >= 11 is 0. The summed E-state index contributed by atoms with van der Waals surface area (Å²) in [6, 6.07) is 10.9. The van der Waals surface area contributed by atoms with Crippen molar-refractivity contribution in [1.29, 1.82) is 0 Å². The van der Waals surface area contributed by atoms with Gasteiger partial charge in [-0.25, -0.2) is 4.79 Å². The number of morpholine rings is 1. The van der Waals surface area contributed by atoms with E-state index >= 15 is 0 Å². The molecule has 3 unspecified atom stereocenters. The first-order chi connectivity index (χ1) is 14.1. The number of nitrogens with one attached hydrogen (secondary N) is 2. The molecule has 2 aliphatic rings. The number of amides is 2. The van der Waals surface area contributed by atoms with Gasteiger partial charge in [-0.05, 0) is 32.5 Å². The summed E-state index contributed by atoms with van der Waals surface area (Å²) in [6.07, 6.45) is 1.97. The highest BCUT2D eigenvalue weighted by Crippen LogP contribution is 2.21. The summed E-state index contributed by atoms with van der Waals surface area (Å²) in [5, 5.41) is 6.18. The first-order valence-corrected chi connectivity index (χ1v) is 10.7. The normalized spacial score (nSPS) is 22.4. The molecular weight excluding hydrogens is 368 g/mol. The van der Waals surface area contributed by atoms with Crippen LogP contribution >= 0.6 is 0 Å². The Morgan fingerprint density at radius 2 is 1.83 bits per heavy atom. The molecule has 1 aromatic carbocycles. The number of hydrogen-bond acceptors (Lipinski definition) is 5. The van der Waals surface area contributed by atoms with Gasteiger partial charge in [0, 0.05) is 50.8 Å². The smallest absolute Gasteiger partial charge is 0.314 e. The van der Waals surface area contributed by atoms with Crippen LogP contribution in [-0.2, 0) is 15.9 Å². The number of benzene rings is 1. The number of ether oxygens (including phenoxy) is 2. The fraction of sp³-hybridized carbons (Fsp3) is 0.682. The fourth-order valence-electron chi connectivity index (χ4n) is 4.15. The Balaban J connectivity index is 1.47. The molecule has 0 saturated carbocycles. The van der Waals surface area contributed by atoms with Crippen LogP contribution in [0.15, 0.2) is 30.3 Å². The van der Waals surface area contributed by atoms with Crippen LogP contribution in [0.3, 0.4) is 0 Å². The zero-order valence-corrected chi connectivity index (χ0v) is 17.8. The molecule has 2 heterocycles. The van der Waals surface area contributed by atoms with Crippen LogP contribution in [-0.4, -0.2) is 94.6 Å². The van der Waals surface area contributed by atoms with Gasteiger partial charge in [0.05, 0.1) is 19.8 Å². The number of likely N-dealkylation sites (N-methyl/N-ethyl adjacent to an activating group) is 1. The molecule has 0 bridgehead atoms. The molecule has 2 aliphatic heterocycles. The SMILES string of the molecule is CN(C)C(CNC(=O)NCC(C1CCOC1)N1CCOCC1)Cc1ccccc1. The molecular formula is C22H36N4O3. The number of urea groups is 1. The monoisotopic (exact) mass is 404 g/mol. The van der Waals surface area contributed by atoms with Crippen LogP contribution in [0.5, 0.6) is 0 Å². The van der Waals surface area contributed by atoms with Crippen LogP contribution in [0.25, 0.3) is 0 Å². The highest BCUT2D eigenvalue weighted by Gasteiger charge is 2.31. The summed E-state index contributed by atoms with van der Waals surface area (Å²) in [5.41, 5.74) is 1.28. The molecule has 3 rings (SSSR count). The average Bonchev–Trinajstić information content (AvgIpc) is 3.27. The highest BCUT2D eigenvalue weighted by atomic mass is 16.5. The van der Waals surface area contributed by atoms with Gasteiger partial charge >= 0.3 is 6.03 Å². The van der Waals surface area contributed by atoms with Crippen LogP contribution < -0.4 is 10.6 Å². The second-order valence-electron chi connectivity index (χ2n) is 8.24. The minimum absolute atomic E-state index is 0.0953. The van der Waals surface area contributed by atoms with Crippen molar-refractivity contribution >= 4 is 6.03 Å². The predicted molar refractivity (Wildman–Crippen MR) is 114 cm³/mol. The van der Waals surface area contributed by atoms with E-state index in [9.17, 15) is 4.79 Å². The topological polar surface area (TPSA) is 66.1 Å². The van der Waals surface area contributed by atoms with Gasteiger partial charge in [0.1, 0.15) is 0 Å². The molecule has 2 amide bonds. The summed E-state index contributed by atoms with van der Waals surface area (Å²) in [7, 11) is 4.11. The second kappa shape index (κ2) is 11.5. The third-order valence-corrected chi connectivity index (χ3v) is 6.04. The van der Waals surface area contributed by atoms with Crippen molar-refractivity contribution in [1.82, 2.24) is 20.4 Å². The quantitative estimate of drug-likeness (QED) is 0.647. The number of hydrogen-bond donors (Lipinski definition) is 2. The lowest BCUT2D eigenvalue weighted by molar-refractivity contribution is 0.00212. The average molecular weight is 405 g/mol. The van der Waals surface area contributed by atoms with E-state index in [0.29, 0.717) is 25.0 Å².